The predicted octanol–water partition coefficient (Wildman–Crippen LogP) is 6.21. The zero-order chi connectivity index (χ0) is 20.2. The van der Waals surface area contributed by atoms with Gasteiger partial charge in [-0.1, -0.05) is 64.7 Å². The molecule has 4 nitrogen and oxygen atoms in total. The Kier molecular flexibility index (Phi) is 9.40. The van der Waals surface area contributed by atoms with E-state index in [4.69, 9.17) is 4.74 Å². The second kappa shape index (κ2) is 12.1. The van der Waals surface area contributed by atoms with E-state index in [0.717, 1.165) is 30.2 Å². The molecule has 0 saturated heterocycles. The van der Waals surface area contributed by atoms with Crippen molar-refractivity contribution in [3.8, 4) is 5.75 Å². The highest BCUT2D eigenvalue weighted by Crippen LogP contribution is 2.23. The fourth-order valence-electron chi connectivity index (χ4n) is 3.07. The molecule has 28 heavy (non-hydrogen) atoms. The zero-order valence-corrected chi connectivity index (χ0v) is 17.5. The van der Waals surface area contributed by atoms with E-state index in [1.807, 2.05) is 42.5 Å². The number of hydrogen-bond acceptors (Lipinski definition) is 3. The molecular weight excluding hydrogens is 348 g/mol. The summed E-state index contributed by atoms with van der Waals surface area (Å²) in [5, 5.41) is 6.16. The van der Waals surface area contributed by atoms with Gasteiger partial charge in [0.2, 0.25) is 5.91 Å². The third kappa shape index (κ3) is 7.63. The second-order valence-electron chi connectivity index (χ2n) is 7.43. The van der Waals surface area contributed by atoms with Crippen molar-refractivity contribution in [2.75, 3.05) is 23.8 Å². The second-order valence-corrected chi connectivity index (χ2v) is 7.43. The van der Waals surface area contributed by atoms with Crippen molar-refractivity contribution < 1.29 is 9.53 Å². The standard InChI is InChI=1S/C24H34N2O2/c1-4-5-6-7-10-17-28-21-15-13-20(14-16-21)26-24(27)18-25-23-12-9-8-11-22(23)19(2)3/h8-9,11-16,19,25H,4-7,10,17-18H2,1-3H3,(H,26,27). The minimum atomic E-state index is -0.0665. The molecule has 0 spiro atoms. The van der Waals surface area contributed by atoms with E-state index in [1.165, 1.54) is 31.2 Å². The lowest BCUT2D eigenvalue weighted by Crippen LogP contribution is -2.22. The van der Waals surface area contributed by atoms with Gasteiger partial charge in [0.25, 0.3) is 0 Å². The minimum absolute atomic E-state index is 0.0665. The molecule has 0 radical (unpaired) electrons. The summed E-state index contributed by atoms with van der Waals surface area (Å²) < 4.78 is 5.76. The first-order chi connectivity index (χ1) is 13.6. The molecule has 152 valence electrons. The van der Waals surface area contributed by atoms with Crippen LogP contribution in [0.4, 0.5) is 11.4 Å². The molecule has 0 bridgehead atoms. The van der Waals surface area contributed by atoms with Crippen LogP contribution in [0.3, 0.4) is 0 Å². The summed E-state index contributed by atoms with van der Waals surface area (Å²) >= 11 is 0. The highest BCUT2D eigenvalue weighted by atomic mass is 16.5. The van der Waals surface area contributed by atoms with Gasteiger partial charge in [-0.05, 0) is 48.2 Å². The van der Waals surface area contributed by atoms with Gasteiger partial charge >= 0.3 is 0 Å². The van der Waals surface area contributed by atoms with Crippen LogP contribution in [0.5, 0.6) is 5.75 Å². The number of ether oxygens (including phenoxy) is 1. The number of carbonyl (C=O) groups excluding carboxylic acids is 1. The number of benzene rings is 2. The first-order valence-electron chi connectivity index (χ1n) is 10.5. The molecule has 1 amide bonds. The molecule has 0 aliphatic heterocycles. The van der Waals surface area contributed by atoms with Gasteiger partial charge in [-0.3, -0.25) is 4.79 Å². The SMILES string of the molecule is CCCCCCCOc1ccc(NC(=O)CNc2ccccc2C(C)C)cc1. The maximum Gasteiger partial charge on any atom is 0.243 e. The molecule has 0 fully saturated rings. The lowest BCUT2D eigenvalue weighted by atomic mass is 10.0. The molecular formula is C24H34N2O2. The number of carbonyl (C=O) groups is 1. The number of rotatable bonds is 12. The van der Waals surface area contributed by atoms with Crippen LogP contribution in [0, 0.1) is 0 Å². The summed E-state index contributed by atoms with van der Waals surface area (Å²) in [5.41, 5.74) is 3.00. The van der Waals surface area contributed by atoms with Crippen LogP contribution < -0.4 is 15.4 Å². The molecule has 2 N–H and O–H groups in total. The average Bonchev–Trinajstić information content (AvgIpc) is 2.70. The number of para-hydroxylation sites is 1. The first kappa shape index (κ1) is 21.8. The molecule has 0 unspecified atom stereocenters. The van der Waals surface area contributed by atoms with Gasteiger partial charge in [-0.25, -0.2) is 0 Å². The van der Waals surface area contributed by atoms with Crippen LogP contribution in [0.2, 0.25) is 0 Å². The molecule has 0 aliphatic rings. The average molecular weight is 383 g/mol. The minimum Gasteiger partial charge on any atom is -0.494 e. The summed E-state index contributed by atoms with van der Waals surface area (Å²) in [6, 6.07) is 15.7. The van der Waals surface area contributed by atoms with E-state index >= 15 is 0 Å². The normalized spacial score (nSPS) is 10.7. The maximum absolute atomic E-state index is 12.2. The number of unbranched alkanes of at least 4 members (excludes halogenated alkanes) is 4. The highest BCUT2D eigenvalue weighted by Gasteiger charge is 2.08. The van der Waals surface area contributed by atoms with E-state index < -0.39 is 0 Å². The molecule has 4 heteroatoms. The van der Waals surface area contributed by atoms with Crippen LogP contribution in [0.25, 0.3) is 0 Å². The van der Waals surface area contributed by atoms with E-state index in [-0.39, 0.29) is 12.5 Å². The Morgan fingerprint density at radius 3 is 2.39 bits per heavy atom. The monoisotopic (exact) mass is 382 g/mol. The number of amides is 1. The first-order valence-corrected chi connectivity index (χ1v) is 10.5. The van der Waals surface area contributed by atoms with Gasteiger partial charge in [0.05, 0.1) is 13.2 Å². The van der Waals surface area contributed by atoms with Gasteiger partial charge in [-0.15, -0.1) is 0 Å². The quantitative estimate of drug-likeness (QED) is 0.429. The molecule has 2 aromatic rings. The Balaban J connectivity index is 1.74. The third-order valence-electron chi connectivity index (χ3n) is 4.68. The summed E-state index contributed by atoms with van der Waals surface area (Å²) in [4.78, 5) is 12.2. The van der Waals surface area contributed by atoms with Crippen molar-refractivity contribution in [1.82, 2.24) is 0 Å². The number of nitrogens with one attached hydrogen (secondary N) is 2. The van der Waals surface area contributed by atoms with E-state index in [0.29, 0.717) is 5.92 Å². The lowest BCUT2D eigenvalue weighted by molar-refractivity contribution is -0.114. The van der Waals surface area contributed by atoms with Crippen LogP contribution in [-0.2, 0) is 4.79 Å². The molecule has 0 saturated carbocycles. The van der Waals surface area contributed by atoms with Crippen molar-refractivity contribution in [1.29, 1.82) is 0 Å². The molecule has 0 aromatic heterocycles. The van der Waals surface area contributed by atoms with Crippen molar-refractivity contribution >= 4 is 17.3 Å². The van der Waals surface area contributed by atoms with Gasteiger partial charge in [-0.2, -0.15) is 0 Å². The van der Waals surface area contributed by atoms with Crippen LogP contribution in [0.15, 0.2) is 48.5 Å². The molecule has 0 aliphatic carbocycles. The number of hydrogen-bond donors (Lipinski definition) is 2. The fraction of sp³-hybridized carbons (Fsp3) is 0.458. The molecule has 2 rings (SSSR count). The Hall–Kier alpha value is -2.49. The van der Waals surface area contributed by atoms with Crippen LogP contribution in [0.1, 0.15) is 64.4 Å². The van der Waals surface area contributed by atoms with E-state index in [2.05, 4.69) is 37.5 Å². The van der Waals surface area contributed by atoms with Gasteiger partial charge in [0, 0.05) is 11.4 Å². The Bertz CT molecular complexity index is 711. The molecule has 0 heterocycles. The summed E-state index contributed by atoms with van der Waals surface area (Å²) in [6.07, 6.45) is 6.14. The van der Waals surface area contributed by atoms with Gasteiger partial charge in [0.1, 0.15) is 5.75 Å². The molecule has 0 atom stereocenters. The van der Waals surface area contributed by atoms with Crippen molar-refractivity contribution in [2.24, 2.45) is 0 Å². The molecule has 2 aromatic carbocycles. The van der Waals surface area contributed by atoms with Crippen molar-refractivity contribution in [3.63, 3.8) is 0 Å². The number of anilines is 2. The van der Waals surface area contributed by atoms with Crippen molar-refractivity contribution in [2.45, 2.75) is 58.8 Å². The third-order valence-corrected chi connectivity index (χ3v) is 4.68. The summed E-state index contributed by atoms with van der Waals surface area (Å²) in [7, 11) is 0. The van der Waals surface area contributed by atoms with E-state index in [1.54, 1.807) is 0 Å². The maximum atomic E-state index is 12.2. The van der Waals surface area contributed by atoms with Crippen LogP contribution in [-0.4, -0.2) is 19.1 Å². The fourth-order valence-corrected chi connectivity index (χ4v) is 3.07. The summed E-state index contributed by atoms with van der Waals surface area (Å²) in [5.74, 6) is 1.19. The van der Waals surface area contributed by atoms with Gasteiger partial charge < -0.3 is 15.4 Å². The Morgan fingerprint density at radius 2 is 1.68 bits per heavy atom. The smallest absolute Gasteiger partial charge is 0.243 e. The zero-order valence-electron chi connectivity index (χ0n) is 17.5. The van der Waals surface area contributed by atoms with Crippen molar-refractivity contribution in [3.05, 3.63) is 54.1 Å². The Morgan fingerprint density at radius 1 is 0.964 bits per heavy atom. The Labute approximate surface area is 169 Å². The van der Waals surface area contributed by atoms with Crippen LogP contribution >= 0.6 is 0 Å². The largest absolute Gasteiger partial charge is 0.494 e. The predicted molar refractivity (Wildman–Crippen MR) is 118 cm³/mol. The lowest BCUT2D eigenvalue weighted by Gasteiger charge is -2.14. The topological polar surface area (TPSA) is 50.4 Å². The van der Waals surface area contributed by atoms with Gasteiger partial charge in [0.15, 0.2) is 0 Å². The van der Waals surface area contributed by atoms with E-state index in [9.17, 15) is 4.79 Å². The summed E-state index contributed by atoms with van der Waals surface area (Å²) in [6.45, 7) is 7.50. The highest BCUT2D eigenvalue weighted by molar-refractivity contribution is 5.93.